The first-order valence-electron chi connectivity index (χ1n) is 8.50. The summed E-state index contributed by atoms with van der Waals surface area (Å²) in [5.41, 5.74) is 0.294. The molecule has 1 aromatic heterocycles. The highest BCUT2D eigenvalue weighted by Crippen LogP contribution is 2.29. The second-order valence-corrected chi connectivity index (χ2v) is 8.37. The van der Waals surface area contributed by atoms with E-state index < -0.39 is 21.8 Å². The quantitative estimate of drug-likeness (QED) is 0.787. The molecule has 2 amide bonds. The summed E-state index contributed by atoms with van der Waals surface area (Å²) < 4.78 is 32.0. The topological polar surface area (TPSA) is 110 Å². The maximum atomic E-state index is 12.8. The first kappa shape index (κ1) is 18.1. The number of aromatic nitrogens is 1. The normalized spacial score (nSPS) is 19.9. The van der Waals surface area contributed by atoms with Crippen LogP contribution in [0.15, 0.2) is 53.9 Å². The van der Waals surface area contributed by atoms with Gasteiger partial charge >= 0.3 is 0 Å². The predicted octanol–water partition coefficient (Wildman–Crippen LogP) is 0.822. The molecule has 3 heterocycles. The summed E-state index contributed by atoms with van der Waals surface area (Å²) in [7, 11) is -2.10. The maximum absolute atomic E-state index is 12.8. The van der Waals surface area contributed by atoms with E-state index in [4.69, 9.17) is 4.74 Å². The van der Waals surface area contributed by atoms with E-state index in [1.807, 2.05) is 11.9 Å². The lowest BCUT2D eigenvalue weighted by molar-refractivity contribution is 0.0917. The average Bonchev–Trinajstić information content (AvgIpc) is 3.25. The Morgan fingerprint density at radius 3 is 2.89 bits per heavy atom. The van der Waals surface area contributed by atoms with Crippen molar-refractivity contribution in [2.24, 2.45) is 0 Å². The lowest BCUT2D eigenvalue weighted by Crippen LogP contribution is -2.34. The molecule has 2 aliphatic heterocycles. The Labute approximate surface area is 161 Å². The van der Waals surface area contributed by atoms with E-state index in [1.54, 1.807) is 0 Å². The summed E-state index contributed by atoms with van der Waals surface area (Å²) in [5.74, 6) is -0.422. The van der Waals surface area contributed by atoms with Crippen LogP contribution in [0.1, 0.15) is 20.8 Å². The second kappa shape index (κ2) is 6.41. The largest absolute Gasteiger partial charge is 0.473 e. The van der Waals surface area contributed by atoms with Gasteiger partial charge in [0.2, 0.25) is 0 Å². The van der Waals surface area contributed by atoms with Gasteiger partial charge in [-0.05, 0) is 36.9 Å². The smallest absolute Gasteiger partial charge is 0.273 e. The van der Waals surface area contributed by atoms with E-state index in [0.717, 1.165) is 3.97 Å². The number of amides is 2. The lowest BCUT2D eigenvalue weighted by Gasteiger charge is -2.12. The molecule has 10 heteroatoms. The minimum Gasteiger partial charge on any atom is -0.473 e. The molecule has 0 saturated carbocycles. The van der Waals surface area contributed by atoms with Crippen molar-refractivity contribution in [3.05, 3.63) is 60.2 Å². The van der Waals surface area contributed by atoms with E-state index in [1.165, 1.54) is 36.5 Å². The molecule has 28 heavy (non-hydrogen) atoms. The molecule has 146 valence electrons. The van der Waals surface area contributed by atoms with Crippen LogP contribution in [0.4, 0.5) is 5.69 Å². The van der Waals surface area contributed by atoms with Crippen LogP contribution in [0.25, 0.3) is 0 Å². The minimum atomic E-state index is -3.94. The molecule has 2 N–H and O–H groups in total. The van der Waals surface area contributed by atoms with Crippen molar-refractivity contribution in [1.29, 1.82) is 0 Å². The van der Waals surface area contributed by atoms with Crippen molar-refractivity contribution in [3.63, 3.8) is 0 Å². The molecule has 0 radical (unpaired) electrons. The number of nitrogens with zero attached hydrogens (tertiary/aromatic N) is 2. The standard InChI is InChI=1S/C18H18N4O5S/c1-11-21(2)10-13(27-11)9-19-17(23)12-5-6-16-14(8-12)20-18(24)15-4-3-7-22(15)28(16,25)26/h3-8,13H,1,9-10H2,2H3,(H,19,23)(H,20,24). The summed E-state index contributed by atoms with van der Waals surface area (Å²) in [5, 5.41) is 5.31. The van der Waals surface area contributed by atoms with Gasteiger partial charge in [-0.1, -0.05) is 0 Å². The second-order valence-electron chi connectivity index (χ2n) is 6.58. The predicted molar refractivity (Wildman–Crippen MR) is 100 cm³/mol. The van der Waals surface area contributed by atoms with Crippen LogP contribution in [0.2, 0.25) is 0 Å². The lowest BCUT2D eigenvalue weighted by atomic mass is 10.1. The van der Waals surface area contributed by atoms with E-state index >= 15 is 0 Å². The molecule has 9 nitrogen and oxygen atoms in total. The van der Waals surface area contributed by atoms with Crippen LogP contribution in [-0.2, 0) is 14.8 Å². The van der Waals surface area contributed by atoms with Gasteiger partial charge in [-0.15, -0.1) is 0 Å². The molecule has 1 saturated heterocycles. The number of nitrogens with one attached hydrogen (secondary N) is 2. The zero-order valence-electron chi connectivity index (χ0n) is 15.0. The molecular weight excluding hydrogens is 384 g/mol. The molecule has 0 aliphatic carbocycles. The summed E-state index contributed by atoms with van der Waals surface area (Å²) in [6.07, 6.45) is 1.10. The van der Waals surface area contributed by atoms with E-state index in [2.05, 4.69) is 17.2 Å². The monoisotopic (exact) mass is 402 g/mol. The first-order valence-corrected chi connectivity index (χ1v) is 9.94. The number of carbonyl (C=O) groups is 2. The summed E-state index contributed by atoms with van der Waals surface area (Å²) in [6, 6.07) is 6.98. The Bertz CT molecular complexity index is 1100. The zero-order chi connectivity index (χ0) is 20.1. The molecule has 1 fully saturated rings. The van der Waals surface area contributed by atoms with Crippen molar-refractivity contribution in [2.45, 2.75) is 11.0 Å². The van der Waals surface area contributed by atoms with Crippen LogP contribution in [-0.4, -0.2) is 55.3 Å². The number of anilines is 1. The average molecular weight is 402 g/mol. The van der Waals surface area contributed by atoms with E-state index in [9.17, 15) is 18.0 Å². The third-order valence-electron chi connectivity index (χ3n) is 4.67. The zero-order valence-corrected chi connectivity index (χ0v) is 15.8. The SMILES string of the molecule is C=C1OC(CNC(=O)c2ccc3c(c2)NC(=O)c2cccn2S3(=O)=O)CN1C. The van der Waals surface area contributed by atoms with Gasteiger partial charge in [0.05, 0.1) is 18.8 Å². The maximum Gasteiger partial charge on any atom is 0.273 e. The Morgan fingerprint density at radius 1 is 1.39 bits per heavy atom. The Morgan fingerprint density at radius 2 is 2.18 bits per heavy atom. The van der Waals surface area contributed by atoms with Gasteiger partial charge in [0.25, 0.3) is 21.8 Å². The van der Waals surface area contributed by atoms with Gasteiger partial charge in [-0.3, -0.25) is 9.59 Å². The number of rotatable bonds is 3. The summed E-state index contributed by atoms with van der Waals surface area (Å²) in [4.78, 5) is 26.6. The van der Waals surface area contributed by atoms with Crippen LogP contribution >= 0.6 is 0 Å². The molecule has 2 aromatic rings. The molecule has 0 spiro atoms. The van der Waals surface area contributed by atoms with Crippen LogP contribution < -0.4 is 10.6 Å². The number of hydrogen-bond donors (Lipinski definition) is 2. The third-order valence-corrected chi connectivity index (χ3v) is 6.42. The number of fused-ring (bicyclic) bond motifs is 2. The van der Waals surface area contributed by atoms with Gasteiger partial charge in [0, 0.05) is 18.8 Å². The van der Waals surface area contributed by atoms with Crippen LogP contribution in [0.5, 0.6) is 0 Å². The third kappa shape index (κ3) is 2.91. The first-order chi connectivity index (χ1) is 13.3. The fourth-order valence-electron chi connectivity index (χ4n) is 3.18. The summed E-state index contributed by atoms with van der Waals surface area (Å²) in [6.45, 7) is 4.63. The highest BCUT2D eigenvalue weighted by Gasteiger charge is 2.31. The molecule has 4 rings (SSSR count). The highest BCUT2D eigenvalue weighted by atomic mass is 32.2. The van der Waals surface area contributed by atoms with Gasteiger partial charge in [-0.25, -0.2) is 12.4 Å². The van der Waals surface area contributed by atoms with Crippen LogP contribution in [0, 0.1) is 0 Å². The van der Waals surface area contributed by atoms with Crippen molar-refractivity contribution in [3.8, 4) is 0 Å². The van der Waals surface area contributed by atoms with Crippen molar-refractivity contribution in [1.82, 2.24) is 14.2 Å². The fourth-order valence-corrected chi connectivity index (χ4v) is 4.65. The molecule has 2 aliphatic rings. The molecule has 1 atom stereocenters. The van der Waals surface area contributed by atoms with Gasteiger partial charge < -0.3 is 20.3 Å². The molecule has 1 unspecified atom stereocenters. The Hall–Kier alpha value is -3.27. The van der Waals surface area contributed by atoms with E-state index in [-0.39, 0.29) is 34.5 Å². The number of ether oxygens (including phenoxy) is 1. The minimum absolute atomic E-state index is 0.00457. The molecule has 0 bridgehead atoms. The number of hydrogen-bond acceptors (Lipinski definition) is 6. The molecular formula is C18H18N4O5S. The van der Waals surface area contributed by atoms with E-state index in [0.29, 0.717) is 12.4 Å². The van der Waals surface area contributed by atoms with Crippen molar-refractivity contribution < 1.29 is 22.7 Å². The number of carbonyl (C=O) groups excluding carboxylic acids is 2. The van der Waals surface area contributed by atoms with Gasteiger partial charge in [0.1, 0.15) is 16.7 Å². The van der Waals surface area contributed by atoms with Crippen molar-refractivity contribution in [2.75, 3.05) is 25.5 Å². The number of likely N-dealkylation sites (N-methyl/N-ethyl adjacent to an activating group) is 1. The Kier molecular flexibility index (Phi) is 4.15. The number of benzene rings is 1. The van der Waals surface area contributed by atoms with Gasteiger partial charge in [0.15, 0.2) is 5.88 Å². The fraction of sp³-hybridized carbons (Fsp3) is 0.222. The van der Waals surface area contributed by atoms with Crippen LogP contribution in [0.3, 0.4) is 0 Å². The summed E-state index contributed by atoms with van der Waals surface area (Å²) >= 11 is 0. The van der Waals surface area contributed by atoms with Gasteiger partial charge in [-0.2, -0.15) is 0 Å². The Balaban J connectivity index is 1.57. The molecule has 1 aromatic carbocycles. The highest BCUT2D eigenvalue weighted by molar-refractivity contribution is 7.90. The van der Waals surface area contributed by atoms with Crippen molar-refractivity contribution >= 4 is 27.5 Å².